The first-order valence-corrected chi connectivity index (χ1v) is 32.3. The highest BCUT2D eigenvalue weighted by Crippen LogP contribution is 2.50. The Balaban J connectivity index is 1.29. The van der Waals surface area contributed by atoms with Crippen molar-refractivity contribution >= 4 is 102 Å². The van der Waals surface area contributed by atoms with Gasteiger partial charge < -0.3 is 50.2 Å². The Morgan fingerprint density at radius 2 is 1.63 bits per heavy atom. The minimum atomic E-state index is -1.64. The van der Waals surface area contributed by atoms with Gasteiger partial charge in [-0.3, -0.25) is 33.6 Å². The Hall–Kier alpha value is -5.32. The van der Waals surface area contributed by atoms with E-state index < -0.39 is 95.2 Å². The lowest BCUT2D eigenvalue weighted by Crippen LogP contribution is -2.53. The fraction of sp³-hybridized carbons (Fsp3) is 0.609. The highest BCUT2D eigenvalue weighted by atomic mass is 79.9. The van der Waals surface area contributed by atoms with E-state index in [1.807, 2.05) is 45.9 Å². The Morgan fingerprint density at radius 3 is 2.26 bits per heavy atom. The van der Waals surface area contributed by atoms with Gasteiger partial charge in [-0.1, -0.05) is 119 Å². The standard InChI is InChI=1S/C64H88Br2ClN5O14/c1-37(2)47(31-46(73)18-13-11-12-14-20-50(74)45(35-65)36-66)59(78)70-48(19-16-26-69-62(68)81)51(75)30-42-22-24-44(25-23-42)60(79)71(8)41(6)61(80)85-54-32-55(76)72(9)49-29-43(28-39(4)57(49)67)27-38(3)17-15-21-53(83-10)64(82)33-52(84-56(77)34-64)40(5)58-63(54,7)86-58/h15,17,21-25,28-29,37,40-41,45,47-48,52-54,58,82H,11-14,16,18-20,26-27,30-36H2,1-10H3,(H,70,78)(H3,68,69,81)/b21-15+,38-17+/t40-,41+,47+,48+,52+,53-,54+,58+,63+,64-/m1/s1. The Labute approximate surface area is 528 Å². The molecule has 2 aromatic rings. The second-order valence-electron chi connectivity index (χ2n) is 24.1. The molecule has 5 amide bonds. The van der Waals surface area contributed by atoms with Gasteiger partial charge in [-0.05, 0) is 101 Å². The molecule has 474 valence electrons. The number of hydrogen-bond donors (Lipinski definition) is 4. The molecule has 0 spiro atoms. The quantitative estimate of drug-likeness (QED) is 0.0281. The SMILES string of the molecule is CO[C@@H]1/C=C/C=C(\C)Cc2cc(C)c(Cl)c(c2)N(C)C(=O)C[C@H](OC(=O)[C@H](C)N(C)C(=O)c2ccc(CC(=O)[C@H](CCCNC(N)=O)NC(=O)[C@@H](CC(=O)CCCCCCC(=O)C(CBr)CBr)C(C)C)cc2)[C@]2(C)O[C@H]2[C@H](C)[C@@H]2C[C@@]1(O)CC(=O)O2. The number of anilines is 1. The molecule has 0 radical (unpaired) electrons. The number of halogens is 3. The summed E-state index contributed by atoms with van der Waals surface area (Å²) >= 11 is 13.6. The van der Waals surface area contributed by atoms with Crippen LogP contribution in [0.25, 0.3) is 0 Å². The fourth-order valence-corrected chi connectivity index (χ4v) is 13.3. The maximum atomic E-state index is 14.5. The van der Waals surface area contributed by atoms with Crippen molar-refractivity contribution in [1.82, 2.24) is 15.5 Å². The summed E-state index contributed by atoms with van der Waals surface area (Å²) < 4.78 is 24.2. The molecule has 3 aliphatic heterocycles. The molecular formula is C64H88Br2ClN5O14. The molecule has 5 rings (SSSR count). The number of esters is 2. The van der Waals surface area contributed by atoms with E-state index in [0.29, 0.717) is 59.0 Å². The zero-order chi connectivity index (χ0) is 63.8. The monoisotopic (exact) mass is 1340 g/mol. The molecule has 22 heteroatoms. The zero-order valence-corrected chi connectivity index (χ0v) is 55.3. The first-order chi connectivity index (χ1) is 40.6. The summed E-state index contributed by atoms with van der Waals surface area (Å²) in [7, 11) is 4.48. The van der Waals surface area contributed by atoms with Crippen LogP contribution in [0.5, 0.6) is 0 Å². The number of carbonyl (C=O) groups excluding carboxylic acids is 9. The van der Waals surface area contributed by atoms with Gasteiger partial charge in [0.25, 0.3) is 5.91 Å². The second-order valence-corrected chi connectivity index (χ2v) is 25.7. The summed E-state index contributed by atoms with van der Waals surface area (Å²) in [5.74, 6) is -4.69. The lowest BCUT2D eigenvalue weighted by Gasteiger charge is -2.41. The van der Waals surface area contributed by atoms with Gasteiger partial charge in [-0.25, -0.2) is 9.59 Å². The number of primary amides is 1. The van der Waals surface area contributed by atoms with E-state index in [1.165, 1.54) is 43.0 Å². The van der Waals surface area contributed by atoms with Crippen molar-refractivity contribution < 1.29 is 67.2 Å². The summed E-state index contributed by atoms with van der Waals surface area (Å²) in [4.78, 5) is 124. The van der Waals surface area contributed by atoms with E-state index in [-0.39, 0.29) is 79.8 Å². The van der Waals surface area contributed by atoms with Crippen LogP contribution >= 0.6 is 43.5 Å². The first kappa shape index (κ1) is 71.4. The molecule has 5 N–H and O–H groups in total. The molecule has 19 nitrogen and oxygen atoms in total. The summed E-state index contributed by atoms with van der Waals surface area (Å²) in [5.41, 5.74) is 6.04. The summed E-state index contributed by atoms with van der Waals surface area (Å²) in [6, 6.07) is 7.09. The number of likely N-dealkylation sites (N-methyl/N-ethyl adjacent to an activating group) is 1. The maximum absolute atomic E-state index is 14.5. The molecule has 86 heavy (non-hydrogen) atoms. The van der Waals surface area contributed by atoms with Crippen LogP contribution in [-0.4, -0.2) is 149 Å². The topological polar surface area (TPSA) is 271 Å². The highest BCUT2D eigenvalue weighted by Gasteiger charge is 2.64. The second kappa shape index (κ2) is 32.8. The predicted molar refractivity (Wildman–Crippen MR) is 335 cm³/mol. The Bertz CT molecular complexity index is 2830. The third kappa shape index (κ3) is 19.6. The molecule has 10 atom stereocenters. The van der Waals surface area contributed by atoms with Crippen LogP contribution in [0.4, 0.5) is 10.5 Å². The van der Waals surface area contributed by atoms with Crippen molar-refractivity contribution in [2.24, 2.45) is 29.4 Å². The third-order valence-corrected chi connectivity index (χ3v) is 19.1. The van der Waals surface area contributed by atoms with Crippen molar-refractivity contribution in [3.8, 4) is 0 Å². The number of amides is 5. The summed E-state index contributed by atoms with van der Waals surface area (Å²) in [6.45, 7) is 12.6. The van der Waals surface area contributed by atoms with Crippen LogP contribution in [0.15, 0.2) is 60.2 Å². The van der Waals surface area contributed by atoms with Gasteiger partial charge in [0.15, 0.2) is 5.78 Å². The number of fused-ring (bicyclic) bond motifs is 5. The number of alkyl halides is 2. The van der Waals surface area contributed by atoms with Crippen LogP contribution < -0.4 is 21.3 Å². The molecule has 0 unspecified atom stereocenters. The number of rotatable bonds is 27. The molecule has 4 bridgehead atoms. The summed E-state index contributed by atoms with van der Waals surface area (Å²) in [6.07, 6.45) is 5.58. The van der Waals surface area contributed by atoms with E-state index in [1.54, 1.807) is 45.2 Å². The number of nitrogens with two attached hydrogens (primary N) is 1. The smallest absolute Gasteiger partial charge is 0.328 e. The number of hydrogen-bond acceptors (Lipinski definition) is 14. The van der Waals surface area contributed by atoms with E-state index in [9.17, 15) is 48.3 Å². The maximum Gasteiger partial charge on any atom is 0.328 e. The number of epoxide rings is 1. The normalized spacial score (nSPS) is 24.5. The van der Waals surface area contributed by atoms with Gasteiger partial charge in [-0.15, -0.1) is 0 Å². The molecule has 3 aliphatic rings. The van der Waals surface area contributed by atoms with Gasteiger partial charge in [0, 0.05) is 93.8 Å². The molecule has 0 aromatic heterocycles. The van der Waals surface area contributed by atoms with Gasteiger partial charge in [-0.2, -0.15) is 0 Å². The first-order valence-electron chi connectivity index (χ1n) is 29.7. The number of unbranched alkanes of at least 4 members (excludes halogenated alkanes) is 3. The molecule has 0 aliphatic carbocycles. The van der Waals surface area contributed by atoms with Crippen LogP contribution in [0.3, 0.4) is 0 Å². The number of nitrogens with zero attached hydrogens (tertiary/aromatic N) is 2. The molecular weight excluding hydrogens is 1260 g/mol. The molecule has 2 aromatic carbocycles. The highest BCUT2D eigenvalue weighted by molar-refractivity contribution is 9.09. The number of carbonyl (C=O) groups is 9. The lowest BCUT2D eigenvalue weighted by molar-refractivity contribution is -0.187. The Kier molecular flexibility index (Phi) is 27.2. The molecule has 3 heterocycles. The molecule has 0 saturated carbocycles. The number of Topliss-reactive ketones (excluding diaryl/α,β-unsaturated/α-hetero) is 3. The molecule has 2 fully saturated rings. The van der Waals surface area contributed by atoms with Crippen LogP contribution in [0.1, 0.15) is 146 Å². The van der Waals surface area contributed by atoms with Crippen molar-refractivity contribution in [3.63, 3.8) is 0 Å². The van der Waals surface area contributed by atoms with Crippen molar-refractivity contribution in [2.45, 2.75) is 186 Å². The summed E-state index contributed by atoms with van der Waals surface area (Å²) in [5, 5.41) is 19.0. The zero-order valence-electron chi connectivity index (χ0n) is 51.4. The predicted octanol–water partition coefficient (Wildman–Crippen LogP) is 8.97. The number of aliphatic hydroxyl groups is 1. The van der Waals surface area contributed by atoms with Crippen LogP contribution in [-0.2, 0) is 65.4 Å². The average Bonchev–Trinajstić information content (AvgIpc) is 1.61. The number of urea groups is 1. The van der Waals surface area contributed by atoms with E-state index in [0.717, 1.165) is 36.0 Å². The lowest BCUT2D eigenvalue weighted by atomic mass is 9.78. The van der Waals surface area contributed by atoms with E-state index in [2.05, 4.69) is 42.5 Å². The number of ether oxygens (including phenoxy) is 4. The van der Waals surface area contributed by atoms with Crippen molar-refractivity contribution in [1.29, 1.82) is 0 Å². The number of nitrogens with one attached hydrogen (secondary N) is 2. The fourth-order valence-electron chi connectivity index (χ4n) is 11.2. The number of methoxy groups -OCH3 is 1. The number of benzene rings is 2. The molecule has 2 saturated heterocycles. The van der Waals surface area contributed by atoms with Gasteiger partial charge in [0.1, 0.15) is 47.1 Å². The van der Waals surface area contributed by atoms with Gasteiger partial charge in [0.05, 0.1) is 35.7 Å². The van der Waals surface area contributed by atoms with Crippen LogP contribution in [0.2, 0.25) is 5.02 Å². The van der Waals surface area contributed by atoms with Gasteiger partial charge in [0.2, 0.25) is 11.8 Å². The van der Waals surface area contributed by atoms with Crippen LogP contribution in [0, 0.1) is 30.6 Å². The average molecular weight is 1350 g/mol. The number of allylic oxidation sites excluding steroid dienone is 3. The minimum Gasteiger partial charge on any atom is -0.462 e. The van der Waals surface area contributed by atoms with E-state index >= 15 is 0 Å². The van der Waals surface area contributed by atoms with Crippen molar-refractivity contribution in [3.05, 3.63) is 87.5 Å². The largest absolute Gasteiger partial charge is 0.462 e. The van der Waals surface area contributed by atoms with Crippen molar-refractivity contribution in [2.75, 3.05) is 43.3 Å². The minimum absolute atomic E-state index is 0.000724. The van der Waals surface area contributed by atoms with Gasteiger partial charge >= 0.3 is 18.0 Å². The third-order valence-electron chi connectivity index (χ3n) is 17.0. The Morgan fingerprint density at radius 1 is 0.965 bits per heavy atom. The number of ketones is 3. The number of aryl methyl sites for hydroxylation is 1. The van der Waals surface area contributed by atoms with E-state index in [4.69, 9.17) is 36.3 Å².